The van der Waals surface area contributed by atoms with Gasteiger partial charge in [-0.05, 0) is 7.05 Å². The van der Waals surface area contributed by atoms with Crippen molar-refractivity contribution in [3.8, 4) is 0 Å². The van der Waals surface area contributed by atoms with Gasteiger partial charge in [0.1, 0.15) is 0 Å². The van der Waals surface area contributed by atoms with Crippen molar-refractivity contribution in [1.82, 2.24) is 5.32 Å². The molecule has 0 bridgehead atoms. The summed E-state index contributed by atoms with van der Waals surface area (Å²) < 4.78 is 0. The Morgan fingerprint density at radius 2 is 2.00 bits per heavy atom. The van der Waals surface area contributed by atoms with Gasteiger partial charge in [0.2, 0.25) is 0 Å². The van der Waals surface area contributed by atoms with E-state index in [4.69, 9.17) is 5.11 Å². The third-order valence-corrected chi connectivity index (χ3v) is 0.328. The van der Waals surface area contributed by atoms with Crippen molar-refractivity contribution in [2.75, 3.05) is 13.6 Å². The number of carboxylic acid groups (broad SMARTS) is 1. The maximum absolute atomic E-state index is 9.54. The van der Waals surface area contributed by atoms with E-state index in [-0.39, 0.29) is 65.7 Å². The maximum Gasteiger partial charge on any atom is 0.317 e. The van der Waals surface area contributed by atoms with Gasteiger partial charge in [-0.1, -0.05) is 0 Å². The second-order valence-corrected chi connectivity index (χ2v) is 0.924. The van der Waals surface area contributed by atoms with Crippen LogP contribution in [0.5, 0.6) is 0 Å². The number of nitrogens with one attached hydrogen (secondary N) is 1. The van der Waals surface area contributed by atoms with Gasteiger partial charge in [0.15, 0.2) is 0 Å². The molecule has 0 saturated carbocycles. The molecule has 0 aliphatic carbocycles. The van der Waals surface area contributed by atoms with Crippen molar-refractivity contribution in [2.45, 2.75) is 0 Å². The van der Waals surface area contributed by atoms with E-state index in [1.807, 2.05) is 0 Å². The summed E-state index contributed by atoms with van der Waals surface area (Å²) in [6.07, 6.45) is 0. The van der Waals surface area contributed by atoms with Crippen LogP contribution in [0.1, 0.15) is 0 Å². The summed E-state index contributed by atoms with van der Waals surface area (Å²) >= 11 is 0. The molecular formula is C3H7NNa2O2. The van der Waals surface area contributed by atoms with E-state index in [0.29, 0.717) is 0 Å². The summed E-state index contributed by atoms with van der Waals surface area (Å²) in [6, 6.07) is 0. The SMILES string of the molecule is CNCC(=O)O.[Na].[Na]. The number of carbonyl (C=O) groups is 1. The van der Waals surface area contributed by atoms with Gasteiger partial charge < -0.3 is 10.4 Å². The first-order chi connectivity index (χ1) is 2.77. The van der Waals surface area contributed by atoms with Crippen molar-refractivity contribution in [1.29, 1.82) is 0 Å². The maximum atomic E-state index is 9.54. The van der Waals surface area contributed by atoms with E-state index in [1.54, 1.807) is 7.05 Å². The van der Waals surface area contributed by atoms with Gasteiger partial charge in [-0.2, -0.15) is 0 Å². The first-order valence-electron chi connectivity index (χ1n) is 1.63. The Morgan fingerprint density at radius 1 is 1.62 bits per heavy atom. The quantitative estimate of drug-likeness (QED) is 0.454. The molecule has 0 atom stereocenters. The predicted octanol–water partition coefficient (Wildman–Crippen LogP) is -1.47. The number of hydrogen-bond acceptors (Lipinski definition) is 2. The number of aliphatic carboxylic acids is 1. The van der Waals surface area contributed by atoms with Crippen LogP contribution >= 0.6 is 0 Å². The van der Waals surface area contributed by atoms with E-state index in [1.165, 1.54) is 0 Å². The smallest absolute Gasteiger partial charge is 0.317 e. The minimum absolute atomic E-state index is 0. The normalized spacial score (nSPS) is 6.12. The average Bonchev–Trinajstić information content (AvgIpc) is 1.35. The van der Waals surface area contributed by atoms with Gasteiger partial charge in [-0.25, -0.2) is 0 Å². The van der Waals surface area contributed by atoms with Crippen LogP contribution in [0, 0.1) is 0 Å². The van der Waals surface area contributed by atoms with E-state index in [9.17, 15) is 4.79 Å². The molecule has 0 unspecified atom stereocenters. The summed E-state index contributed by atoms with van der Waals surface area (Å²) in [5, 5.41) is 10.3. The van der Waals surface area contributed by atoms with Gasteiger partial charge >= 0.3 is 5.97 Å². The second kappa shape index (κ2) is 11.3. The molecule has 0 aromatic carbocycles. The number of rotatable bonds is 2. The Labute approximate surface area is 92.8 Å². The third-order valence-electron chi connectivity index (χ3n) is 0.328. The second-order valence-electron chi connectivity index (χ2n) is 0.924. The van der Waals surface area contributed by atoms with Crippen LogP contribution in [0.25, 0.3) is 0 Å². The van der Waals surface area contributed by atoms with Crippen LogP contribution in [0.3, 0.4) is 0 Å². The Bertz CT molecular complexity index is 59.2. The van der Waals surface area contributed by atoms with Crippen LogP contribution < -0.4 is 5.32 Å². The first-order valence-corrected chi connectivity index (χ1v) is 1.63. The molecule has 0 amide bonds. The minimum Gasteiger partial charge on any atom is -0.480 e. The standard InChI is InChI=1S/C3H7NO2.2Na/c1-4-2-3(5)6;;/h4H,2H2,1H3,(H,5,6);;. The van der Waals surface area contributed by atoms with Crippen LogP contribution in [0.15, 0.2) is 0 Å². The molecule has 3 nitrogen and oxygen atoms in total. The zero-order chi connectivity index (χ0) is 4.99. The molecule has 0 heterocycles. The largest absolute Gasteiger partial charge is 0.480 e. The Balaban J connectivity index is -0.000000125. The van der Waals surface area contributed by atoms with Crippen molar-refractivity contribution in [3.63, 3.8) is 0 Å². The van der Waals surface area contributed by atoms with E-state index in [0.717, 1.165) is 0 Å². The van der Waals surface area contributed by atoms with Gasteiger partial charge in [0, 0.05) is 59.1 Å². The fraction of sp³-hybridized carbons (Fsp3) is 0.667. The molecule has 0 aliphatic rings. The molecule has 0 aromatic heterocycles. The first kappa shape index (κ1) is 16.2. The van der Waals surface area contributed by atoms with Crippen molar-refractivity contribution in [2.24, 2.45) is 0 Å². The molecule has 0 saturated heterocycles. The Kier molecular flexibility index (Phi) is 22.8. The molecule has 2 N–H and O–H groups in total. The molecule has 0 aliphatic heterocycles. The van der Waals surface area contributed by atoms with Crippen LogP contribution in [-0.4, -0.2) is 83.8 Å². The molecule has 8 heavy (non-hydrogen) atoms. The zero-order valence-electron chi connectivity index (χ0n) is 5.56. The van der Waals surface area contributed by atoms with Gasteiger partial charge in [0.25, 0.3) is 0 Å². The Morgan fingerprint density at radius 3 is 2.00 bits per heavy atom. The fourth-order valence-corrected chi connectivity index (χ4v) is 0.151. The van der Waals surface area contributed by atoms with Gasteiger partial charge in [-0.3, -0.25) is 4.79 Å². The van der Waals surface area contributed by atoms with Crippen molar-refractivity contribution < 1.29 is 9.90 Å². The molecule has 0 rings (SSSR count). The minimum atomic E-state index is -0.822. The van der Waals surface area contributed by atoms with E-state index >= 15 is 0 Å². The summed E-state index contributed by atoms with van der Waals surface area (Å²) in [5.74, 6) is -0.822. The summed E-state index contributed by atoms with van der Waals surface area (Å²) in [7, 11) is 1.59. The molecule has 5 heteroatoms. The molecule has 0 spiro atoms. The van der Waals surface area contributed by atoms with Gasteiger partial charge in [0.05, 0.1) is 6.54 Å². The topological polar surface area (TPSA) is 49.3 Å². The van der Waals surface area contributed by atoms with Crippen molar-refractivity contribution >= 4 is 65.1 Å². The number of carboxylic acids is 1. The van der Waals surface area contributed by atoms with Crippen LogP contribution in [0.4, 0.5) is 0 Å². The zero-order valence-corrected chi connectivity index (χ0v) is 9.56. The predicted molar refractivity (Wildman–Crippen MR) is 33.1 cm³/mol. The monoisotopic (exact) mass is 135 g/mol. The Hall–Kier alpha value is 1.43. The molecule has 0 aromatic rings. The average molecular weight is 135 g/mol. The fourth-order valence-electron chi connectivity index (χ4n) is 0.151. The van der Waals surface area contributed by atoms with Crippen LogP contribution in [0.2, 0.25) is 0 Å². The number of likely N-dealkylation sites (N-methyl/N-ethyl adjacent to an activating group) is 1. The number of hydrogen-bond donors (Lipinski definition) is 2. The van der Waals surface area contributed by atoms with E-state index in [2.05, 4.69) is 5.32 Å². The summed E-state index contributed by atoms with van der Waals surface area (Å²) in [5.41, 5.74) is 0. The molecule has 38 valence electrons. The summed E-state index contributed by atoms with van der Waals surface area (Å²) in [4.78, 5) is 9.54. The van der Waals surface area contributed by atoms with Gasteiger partial charge in [-0.15, -0.1) is 0 Å². The van der Waals surface area contributed by atoms with E-state index < -0.39 is 5.97 Å². The molecule has 0 fully saturated rings. The molecule has 2 radical (unpaired) electrons. The van der Waals surface area contributed by atoms with Crippen molar-refractivity contribution in [3.05, 3.63) is 0 Å². The third kappa shape index (κ3) is 15.7. The van der Waals surface area contributed by atoms with Crippen LogP contribution in [-0.2, 0) is 4.79 Å². The summed E-state index contributed by atoms with van der Waals surface area (Å²) in [6.45, 7) is 0.0417. The molecular weight excluding hydrogens is 128 g/mol.